The molecule has 0 saturated carbocycles. The predicted octanol–water partition coefficient (Wildman–Crippen LogP) is 1.34. The fraction of sp³-hybridized carbons (Fsp3) is 0.364. The Labute approximate surface area is 115 Å². The van der Waals surface area contributed by atoms with Crippen molar-refractivity contribution in [2.24, 2.45) is 10.8 Å². The predicted molar refractivity (Wildman–Crippen MR) is 75.8 cm³/mol. The summed E-state index contributed by atoms with van der Waals surface area (Å²) in [6.07, 6.45) is 0. The second-order valence-electron chi connectivity index (χ2n) is 3.34. The maximum atomic E-state index is 5.39. The van der Waals surface area contributed by atoms with Crippen LogP contribution >= 0.6 is 15.9 Å². The molecule has 0 atom stereocenters. The van der Waals surface area contributed by atoms with E-state index in [0.717, 1.165) is 15.9 Å². The number of methoxy groups -OCH3 is 2. The number of rotatable bonds is 5. The van der Waals surface area contributed by atoms with E-state index in [4.69, 9.17) is 15.3 Å². The summed E-state index contributed by atoms with van der Waals surface area (Å²) in [6.45, 7) is 1.05. The van der Waals surface area contributed by atoms with E-state index in [-0.39, 0.29) is 0 Å². The smallest absolute Gasteiger partial charge is 0.210 e. The van der Waals surface area contributed by atoms with Crippen molar-refractivity contribution in [3.05, 3.63) is 22.7 Å². The molecule has 100 valence electrons. The molecule has 0 saturated heterocycles. The molecule has 18 heavy (non-hydrogen) atoms. The summed E-state index contributed by atoms with van der Waals surface area (Å²) in [6, 6.07) is 5.57. The van der Waals surface area contributed by atoms with E-state index in [9.17, 15) is 0 Å². The molecule has 0 radical (unpaired) electrons. The van der Waals surface area contributed by atoms with Gasteiger partial charge in [0.2, 0.25) is 5.96 Å². The van der Waals surface area contributed by atoms with Crippen LogP contribution < -0.4 is 21.3 Å². The van der Waals surface area contributed by atoms with Crippen molar-refractivity contribution < 1.29 is 9.47 Å². The van der Waals surface area contributed by atoms with Crippen LogP contribution in [0.15, 0.2) is 27.7 Å². The number of nitrogens with zero attached hydrogens (tertiary/aromatic N) is 1. The van der Waals surface area contributed by atoms with Crippen molar-refractivity contribution in [2.75, 3.05) is 32.7 Å². The zero-order chi connectivity index (χ0) is 13.4. The molecule has 1 aromatic rings. The Kier molecular flexibility index (Phi) is 6.48. The third-order valence-corrected chi connectivity index (χ3v) is 2.82. The van der Waals surface area contributed by atoms with Gasteiger partial charge < -0.3 is 14.8 Å². The topological polar surface area (TPSA) is 80.9 Å². The van der Waals surface area contributed by atoms with Gasteiger partial charge in [-0.15, -0.1) is 0 Å². The van der Waals surface area contributed by atoms with E-state index < -0.39 is 0 Å². The van der Waals surface area contributed by atoms with E-state index in [0.29, 0.717) is 19.1 Å². The Morgan fingerprint density at radius 2 is 2.22 bits per heavy atom. The highest BCUT2D eigenvalue weighted by Crippen LogP contribution is 2.26. The van der Waals surface area contributed by atoms with Gasteiger partial charge in [0.25, 0.3) is 0 Å². The fourth-order valence-corrected chi connectivity index (χ4v) is 1.57. The lowest BCUT2D eigenvalue weighted by atomic mass is 10.3. The van der Waals surface area contributed by atoms with Crippen LogP contribution in [-0.2, 0) is 4.74 Å². The maximum absolute atomic E-state index is 5.39. The lowest BCUT2D eigenvalue weighted by Gasteiger charge is -2.12. The average molecular weight is 317 g/mol. The van der Waals surface area contributed by atoms with Crippen molar-refractivity contribution in [1.29, 1.82) is 0 Å². The number of anilines is 1. The van der Waals surface area contributed by atoms with Gasteiger partial charge in [-0.3, -0.25) is 5.43 Å². The van der Waals surface area contributed by atoms with E-state index >= 15 is 0 Å². The first-order chi connectivity index (χ1) is 8.71. The first kappa shape index (κ1) is 14.7. The average Bonchev–Trinajstić information content (AvgIpc) is 2.40. The monoisotopic (exact) mass is 316 g/mol. The van der Waals surface area contributed by atoms with Gasteiger partial charge >= 0.3 is 0 Å². The van der Waals surface area contributed by atoms with Crippen molar-refractivity contribution >= 4 is 27.6 Å². The van der Waals surface area contributed by atoms with Crippen LogP contribution in [0.25, 0.3) is 0 Å². The molecule has 0 aliphatic carbocycles. The summed E-state index contributed by atoms with van der Waals surface area (Å²) < 4.78 is 11.0. The second kappa shape index (κ2) is 7.91. The minimum Gasteiger partial charge on any atom is -0.497 e. The molecule has 0 amide bonds. The Morgan fingerprint density at radius 1 is 1.44 bits per heavy atom. The number of benzene rings is 1. The normalized spacial score (nSPS) is 11.2. The third kappa shape index (κ3) is 4.52. The number of ether oxygens (including phenoxy) is 2. The van der Waals surface area contributed by atoms with Crippen molar-refractivity contribution in [1.82, 2.24) is 5.43 Å². The standard InChI is InChI=1S/C11H17BrN4O2/c1-17-6-5-14-11(16-13)15-10-7-8(18-2)3-4-9(10)12/h3-4,7H,5-6,13H2,1-2H3,(H2,14,15,16). The van der Waals surface area contributed by atoms with Crippen molar-refractivity contribution in [3.8, 4) is 5.75 Å². The maximum Gasteiger partial charge on any atom is 0.210 e. The summed E-state index contributed by atoms with van der Waals surface area (Å²) in [5, 5.41) is 3.06. The quantitative estimate of drug-likeness (QED) is 0.251. The molecule has 0 bridgehead atoms. The largest absolute Gasteiger partial charge is 0.497 e. The number of guanidine groups is 1. The number of hydrogen-bond donors (Lipinski definition) is 3. The molecule has 0 heterocycles. The van der Waals surface area contributed by atoms with Gasteiger partial charge in [0.1, 0.15) is 5.75 Å². The minimum absolute atomic E-state index is 0.459. The van der Waals surface area contributed by atoms with Crippen LogP contribution in [0.2, 0.25) is 0 Å². The van der Waals surface area contributed by atoms with Gasteiger partial charge in [-0.2, -0.15) is 0 Å². The zero-order valence-electron chi connectivity index (χ0n) is 10.4. The highest BCUT2D eigenvalue weighted by molar-refractivity contribution is 9.10. The number of halogens is 1. The van der Waals surface area contributed by atoms with Crippen LogP contribution in [-0.4, -0.2) is 33.3 Å². The van der Waals surface area contributed by atoms with Crippen molar-refractivity contribution in [3.63, 3.8) is 0 Å². The van der Waals surface area contributed by atoms with Gasteiger partial charge in [-0.25, -0.2) is 10.8 Å². The summed E-state index contributed by atoms with van der Waals surface area (Å²) in [4.78, 5) is 4.21. The van der Waals surface area contributed by atoms with E-state index in [1.54, 1.807) is 14.2 Å². The number of hydrogen-bond acceptors (Lipinski definition) is 4. The van der Waals surface area contributed by atoms with Crippen molar-refractivity contribution in [2.45, 2.75) is 0 Å². The molecule has 0 spiro atoms. The first-order valence-corrected chi connectivity index (χ1v) is 6.11. The summed E-state index contributed by atoms with van der Waals surface area (Å²) >= 11 is 3.43. The number of nitrogens with two attached hydrogens (primary N) is 1. The first-order valence-electron chi connectivity index (χ1n) is 5.31. The molecule has 1 aromatic carbocycles. The van der Waals surface area contributed by atoms with Gasteiger partial charge in [-0.05, 0) is 28.1 Å². The van der Waals surface area contributed by atoms with E-state index in [1.807, 2.05) is 18.2 Å². The minimum atomic E-state index is 0.459. The Morgan fingerprint density at radius 3 is 2.83 bits per heavy atom. The van der Waals surface area contributed by atoms with Gasteiger partial charge in [0.15, 0.2) is 0 Å². The molecule has 7 heteroatoms. The highest BCUT2D eigenvalue weighted by Gasteiger charge is 2.04. The van der Waals surface area contributed by atoms with E-state index in [2.05, 4.69) is 31.7 Å². The van der Waals surface area contributed by atoms with Crippen LogP contribution in [0, 0.1) is 0 Å². The van der Waals surface area contributed by atoms with Crippen LogP contribution in [0.4, 0.5) is 5.69 Å². The van der Waals surface area contributed by atoms with Crippen LogP contribution in [0.3, 0.4) is 0 Å². The summed E-state index contributed by atoms with van der Waals surface area (Å²) in [7, 11) is 3.24. The number of nitrogens with one attached hydrogen (secondary N) is 2. The molecule has 4 N–H and O–H groups in total. The third-order valence-electron chi connectivity index (χ3n) is 2.13. The van der Waals surface area contributed by atoms with Gasteiger partial charge in [0.05, 0.1) is 25.9 Å². The zero-order valence-corrected chi connectivity index (χ0v) is 12.0. The Balaban J connectivity index is 2.77. The molecule has 0 fully saturated rings. The SMILES string of the molecule is COCCN=C(NN)Nc1cc(OC)ccc1Br. The lowest BCUT2D eigenvalue weighted by Crippen LogP contribution is -2.36. The molecule has 1 rings (SSSR count). The Bertz CT molecular complexity index is 412. The fourth-order valence-electron chi connectivity index (χ4n) is 1.22. The summed E-state index contributed by atoms with van der Waals surface area (Å²) in [5.41, 5.74) is 3.30. The molecule has 0 unspecified atom stereocenters. The van der Waals surface area contributed by atoms with Crippen LogP contribution in [0.1, 0.15) is 0 Å². The van der Waals surface area contributed by atoms with Gasteiger partial charge in [-0.1, -0.05) is 0 Å². The number of hydrazine groups is 1. The van der Waals surface area contributed by atoms with Crippen LogP contribution in [0.5, 0.6) is 5.75 Å². The summed E-state index contributed by atoms with van der Waals surface area (Å²) in [5.74, 6) is 6.60. The molecular weight excluding hydrogens is 300 g/mol. The lowest BCUT2D eigenvalue weighted by molar-refractivity contribution is 0.208. The molecular formula is C11H17BrN4O2. The number of aliphatic imine (C=N–C) groups is 1. The molecule has 0 aliphatic heterocycles. The molecule has 0 aliphatic rings. The second-order valence-corrected chi connectivity index (χ2v) is 4.19. The highest BCUT2D eigenvalue weighted by atomic mass is 79.9. The molecule has 6 nitrogen and oxygen atoms in total. The Hall–Kier alpha value is -1.31. The van der Waals surface area contributed by atoms with Gasteiger partial charge in [0, 0.05) is 17.6 Å². The molecule has 0 aromatic heterocycles. The van der Waals surface area contributed by atoms with E-state index in [1.165, 1.54) is 0 Å².